The number of hydrogen-bond acceptors (Lipinski definition) is 4. The van der Waals surface area contributed by atoms with Crippen LogP contribution in [0.1, 0.15) is 31.2 Å². The number of nitrogens with zero attached hydrogens (tertiary/aromatic N) is 2. The molecule has 1 aliphatic carbocycles. The summed E-state index contributed by atoms with van der Waals surface area (Å²) in [6.07, 6.45) is 8.37. The van der Waals surface area contributed by atoms with Crippen molar-refractivity contribution >= 4 is 16.6 Å². The molecule has 2 heterocycles. The number of rotatable bonds is 6. The summed E-state index contributed by atoms with van der Waals surface area (Å²) < 4.78 is 1.68. The number of benzene rings is 2. The van der Waals surface area contributed by atoms with Gasteiger partial charge < -0.3 is 10.6 Å². The van der Waals surface area contributed by atoms with Crippen molar-refractivity contribution in [2.75, 3.05) is 5.32 Å². The maximum atomic E-state index is 12.1. The summed E-state index contributed by atoms with van der Waals surface area (Å²) in [6, 6.07) is 20.7. The van der Waals surface area contributed by atoms with Gasteiger partial charge in [0.15, 0.2) is 0 Å². The molecular formula is C25H27N5O. The predicted octanol–water partition coefficient (Wildman–Crippen LogP) is 4.23. The highest BCUT2D eigenvalue weighted by Gasteiger charge is 2.21. The van der Waals surface area contributed by atoms with Gasteiger partial charge in [-0.25, -0.2) is 0 Å². The fraction of sp³-hybridized carbons (Fsp3) is 0.280. The standard InChI is InChI=1S/C25H27N5O/c31-25-9-1-2-12-30(25)23-8-3-5-18(13-23)16-26-20-6-4-7-21(15-20)28-22-10-11-24-19(14-22)17-27-29-24/h1-3,5,8-14,17,20-21,26,28H,4,6-7,15-16H2,(H,27,29)/t20-,21-/m0/s1. The summed E-state index contributed by atoms with van der Waals surface area (Å²) >= 11 is 0. The van der Waals surface area contributed by atoms with E-state index >= 15 is 0 Å². The van der Waals surface area contributed by atoms with Gasteiger partial charge in [-0.15, -0.1) is 0 Å². The lowest BCUT2D eigenvalue weighted by Gasteiger charge is -2.31. The van der Waals surface area contributed by atoms with E-state index in [4.69, 9.17) is 0 Å². The minimum absolute atomic E-state index is 0.0117. The topological polar surface area (TPSA) is 74.7 Å². The van der Waals surface area contributed by atoms with Crippen LogP contribution in [0.3, 0.4) is 0 Å². The number of hydrogen-bond donors (Lipinski definition) is 3. The zero-order valence-electron chi connectivity index (χ0n) is 17.4. The smallest absolute Gasteiger partial charge is 0.255 e. The number of aromatic amines is 1. The first kappa shape index (κ1) is 19.6. The summed E-state index contributed by atoms with van der Waals surface area (Å²) in [7, 11) is 0. The molecule has 1 fully saturated rings. The van der Waals surface area contributed by atoms with E-state index in [9.17, 15) is 4.79 Å². The van der Waals surface area contributed by atoms with Gasteiger partial charge >= 0.3 is 0 Å². The van der Waals surface area contributed by atoms with Gasteiger partial charge in [-0.3, -0.25) is 14.5 Å². The Balaban J connectivity index is 1.20. The van der Waals surface area contributed by atoms with Crippen LogP contribution in [0.15, 0.2) is 77.9 Å². The van der Waals surface area contributed by atoms with Crippen molar-refractivity contribution in [3.63, 3.8) is 0 Å². The molecule has 6 heteroatoms. The molecule has 6 nitrogen and oxygen atoms in total. The lowest BCUT2D eigenvalue weighted by Crippen LogP contribution is -2.38. The SMILES string of the molecule is O=c1ccccn1-c1cccc(CN[C@H]2CCC[C@H](Nc3ccc4[nH]ncc4c3)C2)c1. The summed E-state index contributed by atoms with van der Waals surface area (Å²) in [5, 5.41) is 15.7. The molecule has 2 aromatic heterocycles. The third-order valence-electron chi connectivity index (χ3n) is 6.09. The molecule has 4 aromatic rings. The second-order valence-electron chi connectivity index (χ2n) is 8.34. The van der Waals surface area contributed by atoms with Gasteiger partial charge in [0.2, 0.25) is 0 Å². The fourth-order valence-electron chi connectivity index (χ4n) is 4.49. The molecule has 0 aliphatic heterocycles. The molecule has 0 radical (unpaired) electrons. The van der Waals surface area contributed by atoms with E-state index in [1.807, 2.05) is 30.6 Å². The van der Waals surface area contributed by atoms with Crippen LogP contribution < -0.4 is 16.2 Å². The Hall–Kier alpha value is -3.38. The molecule has 5 rings (SSSR count). The molecule has 0 spiro atoms. The van der Waals surface area contributed by atoms with Gasteiger partial charge in [-0.05, 0) is 67.6 Å². The molecule has 1 saturated carbocycles. The average Bonchev–Trinajstić information content (AvgIpc) is 3.26. The van der Waals surface area contributed by atoms with Crippen molar-refractivity contribution in [2.24, 2.45) is 0 Å². The largest absolute Gasteiger partial charge is 0.382 e. The Morgan fingerprint density at radius 2 is 1.97 bits per heavy atom. The van der Waals surface area contributed by atoms with Gasteiger partial charge in [0.1, 0.15) is 0 Å². The Morgan fingerprint density at radius 1 is 1.03 bits per heavy atom. The summed E-state index contributed by atoms with van der Waals surface area (Å²) in [6.45, 7) is 0.799. The fourth-order valence-corrected chi connectivity index (χ4v) is 4.49. The van der Waals surface area contributed by atoms with Gasteiger partial charge in [0.25, 0.3) is 5.56 Å². The number of fused-ring (bicyclic) bond motifs is 1. The van der Waals surface area contributed by atoms with E-state index in [0.29, 0.717) is 12.1 Å². The first-order valence-corrected chi connectivity index (χ1v) is 10.9. The van der Waals surface area contributed by atoms with Gasteiger partial charge in [-0.2, -0.15) is 5.10 Å². The second-order valence-corrected chi connectivity index (χ2v) is 8.34. The summed E-state index contributed by atoms with van der Waals surface area (Å²) in [5.74, 6) is 0. The Kier molecular flexibility index (Phi) is 5.54. The zero-order valence-corrected chi connectivity index (χ0v) is 17.4. The van der Waals surface area contributed by atoms with Crippen LogP contribution in [-0.4, -0.2) is 26.8 Å². The highest BCUT2D eigenvalue weighted by Crippen LogP contribution is 2.24. The van der Waals surface area contributed by atoms with Crippen molar-refractivity contribution in [1.29, 1.82) is 0 Å². The van der Waals surface area contributed by atoms with E-state index in [1.165, 1.54) is 24.8 Å². The molecule has 2 atom stereocenters. The van der Waals surface area contributed by atoms with Crippen LogP contribution in [0.5, 0.6) is 0 Å². The van der Waals surface area contributed by atoms with E-state index < -0.39 is 0 Å². The van der Waals surface area contributed by atoms with E-state index in [0.717, 1.165) is 35.2 Å². The maximum absolute atomic E-state index is 12.1. The Labute approximate surface area is 181 Å². The van der Waals surface area contributed by atoms with Crippen LogP contribution in [0.25, 0.3) is 16.6 Å². The normalized spacial score (nSPS) is 18.8. The van der Waals surface area contributed by atoms with Crippen LogP contribution >= 0.6 is 0 Å². The average molecular weight is 414 g/mol. The van der Waals surface area contributed by atoms with Gasteiger partial charge in [0.05, 0.1) is 11.7 Å². The molecule has 158 valence electrons. The second kappa shape index (κ2) is 8.78. The van der Waals surface area contributed by atoms with Gasteiger partial charge in [-0.1, -0.05) is 18.2 Å². The van der Waals surface area contributed by atoms with E-state index in [-0.39, 0.29) is 5.56 Å². The van der Waals surface area contributed by atoms with Crippen LogP contribution in [0, 0.1) is 0 Å². The quantitative estimate of drug-likeness (QED) is 0.442. The molecule has 1 aliphatic rings. The molecule has 31 heavy (non-hydrogen) atoms. The van der Waals surface area contributed by atoms with Gasteiger partial charge in [0, 0.05) is 47.7 Å². The Bertz CT molecular complexity index is 1230. The number of aromatic nitrogens is 3. The number of pyridine rings is 1. The van der Waals surface area contributed by atoms with E-state index in [2.05, 4.69) is 51.2 Å². The molecule has 2 aromatic carbocycles. The molecule has 0 unspecified atom stereocenters. The van der Waals surface area contributed by atoms with Crippen molar-refractivity contribution in [1.82, 2.24) is 20.1 Å². The molecule has 0 amide bonds. The maximum Gasteiger partial charge on any atom is 0.255 e. The van der Waals surface area contributed by atoms with Crippen molar-refractivity contribution in [3.05, 3.63) is 89.0 Å². The van der Waals surface area contributed by atoms with Crippen molar-refractivity contribution in [2.45, 2.75) is 44.3 Å². The van der Waals surface area contributed by atoms with E-state index in [1.54, 1.807) is 16.7 Å². The predicted molar refractivity (Wildman–Crippen MR) is 125 cm³/mol. The Morgan fingerprint density at radius 3 is 2.90 bits per heavy atom. The minimum atomic E-state index is -0.0117. The van der Waals surface area contributed by atoms with Crippen LogP contribution in [0.4, 0.5) is 5.69 Å². The third-order valence-corrected chi connectivity index (χ3v) is 6.09. The molecular weight excluding hydrogens is 386 g/mol. The lowest BCUT2D eigenvalue weighted by molar-refractivity contribution is 0.350. The highest BCUT2D eigenvalue weighted by atomic mass is 16.1. The number of anilines is 1. The molecule has 3 N–H and O–H groups in total. The van der Waals surface area contributed by atoms with Crippen molar-refractivity contribution in [3.8, 4) is 5.69 Å². The highest BCUT2D eigenvalue weighted by molar-refractivity contribution is 5.81. The minimum Gasteiger partial charge on any atom is -0.382 e. The first-order valence-electron chi connectivity index (χ1n) is 10.9. The number of nitrogens with one attached hydrogen (secondary N) is 3. The molecule has 0 saturated heterocycles. The van der Waals surface area contributed by atoms with Crippen LogP contribution in [-0.2, 0) is 6.54 Å². The third kappa shape index (κ3) is 4.54. The lowest BCUT2D eigenvalue weighted by atomic mass is 9.90. The zero-order chi connectivity index (χ0) is 21.0. The summed E-state index contributed by atoms with van der Waals surface area (Å²) in [5.41, 5.74) is 4.30. The monoisotopic (exact) mass is 413 g/mol. The first-order chi connectivity index (χ1) is 15.2. The summed E-state index contributed by atoms with van der Waals surface area (Å²) in [4.78, 5) is 12.1. The number of H-pyrrole nitrogens is 1. The molecule has 0 bridgehead atoms. The van der Waals surface area contributed by atoms with Crippen LogP contribution in [0.2, 0.25) is 0 Å². The van der Waals surface area contributed by atoms with Crippen molar-refractivity contribution < 1.29 is 0 Å².